The van der Waals surface area contributed by atoms with Crippen molar-refractivity contribution in [3.8, 4) is 5.75 Å². The lowest BCUT2D eigenvalue weighted by Gasteiger charge is -2.39. The zero-order valence-corrected chi connectivity index (χ0v) is 27.1. The van der Waals surface area contributed by atoms with Crippen molar-refractivity contribution < 1.29 is 66.5 Å². The van der Waals surface area contributed by atoms with Gasteiger partial charge in [-0.05, 0) is 55.2 Å². The number of hydrogen-bond donors (Lipinski definition) is 0. The number of halogens is 13. The van der Waals surface area contributed by atoms with Crippen LogP contribution in [-0.4, -0.2) is 48.5 Å². The summed E-state index contributed by atoms with van der Waals surface area (Å²) < 4.78 is 183. The van der Waals surface area contributed by atoms with E-state index in [0.29, 0.717) is 17.4 Å². The van der Waals surface area contributed by atoms with Crippen molar-refractivity contribution in [3.05, 3.63) is 29.8 Å². The van der Waals surface area contributed by atoms with Crippen molar-refractivity contribution in [1.82, 2.24) is 0 Å². The third-order valence-corrected chi connectivity index (χ3v) is 8.59. The fourth-order valence-electron chi connectivity index (χ4n) is 4.70. The number of benzene rings is 1. The van der Waals surface area contributed by atoms with Gasteiger partial charge in [0.25, 0.3) is 0 Å². The van der Waals surface area contributed by atoms with Crippen LogP contribution in [0.4, 0.5) is 57.1 Å². The molecule has 15 heteroatoms. The maximum Gasteiger partial charge on any atom is 0.460 e. The average molecular weight is 709 g/mol. The Bertz CT molecular complexity index is 1040. The molecule has 1 rings (SSSR count). The Balaban J connectivity index is 2.55. The van der Waals surface area contributed by atoms with E-state index < -0.39 is 55.2 Å². The van der Waals surface area contributed by atoms with Crippen molar-refractivity contribution in [2.75, 3.05) is 6.61 Å². The van der Waals surface area contributed by atoms with Gasteiger partial charge in [-0.25, -0.2) is 0 Å². The van der Waals surface area contributed by atoms with Crippen molar-refractivity contribution >= 4 is 0 Å². The van der Waals surface area contributed by atoms with Crippen LogP contribution in [0.1, 0.15) is 98.0 Å². The van der Waals surface area contributed by atoms with E-state index >= 15 is 0 Å². The first kappa shape index (κ1) is 43.1. The van der Waals surface area contributed by atoms with Gasteiger partial charge in [-0.3, -0.25) is 0 Å². The number of ether oxygens (including phenoxy) is 2. The summed E-state index contributed by atoms with van der Waals surface area (Å²) in [5.41, 5.74) is 0.705. The highest BCUT2D eigenvalue weighted by molar-refractivity contribution is 5.26. The van der Waals surface area contributed by atoms with Crippen LogP contribution in [0.25, 0.3) is 0 Å². The normalized spacial score (nSPS) is 16.6. The van der Waals surface area contributed by atoms with Crippen LogP contribution in [0, 0.1) is 17.8 Å². The van der Waals surface area contributed by atoms with Crippen LogP contribution in [0.2, 0.25) is 0 Å². The van der Waals surface area contributed by atoms with Gasteiger partial charge in [-0.1, -0.05) is 78.4 Å². The minimum absolute atomic E-state index is 0.0326. The Labute approximate surface area is 267 Å². The molecule has 0 bridgehead atoms. The lowest BCUT2D eigenvalue weighted by atomic mass is 9.91. The molecule has 47 heavy (non-hydrogen) atoms. The molecule has 0 aromatic heterocycles. The molecule has 0 saturated carbocycles. The van der Waals surface area contributed by atoms with Gasteiger partial charge in [-0.15, -0.1) is 0 Å². The van der Waals surface area contributed by atoms with Gasteiger partial charge >= 0.3 is 35.8 Å². The minimum Gasteiger partial charge on any atom is -0.494 e. The van der Waals surface area contributed by atoms with Crippen molar-refractivity contribution in [3.63, 3.8) is 0 Å². The smallest absolute Gasteiger partial charge is 0.460 e. The Kier molecular flexibility index (Phi) is 15.7. The molecule has 2 nitrogen and oxygen atoms in total. The maximum absolute atomic E-state index is 13.9. The van der Waals surface area contributed by atoms with Gasteiger partial charge in [0.2, 0.25) is 0 Å². The molecule has 0 saturated heterocycles. The van der Waals surface area contributed by atoms with Crippen LogP contribution in [-0.2, 0) is 11.3 Å². The Morgan fingerprint density at radius 2 is 1.09 bits per heavy atom. The fourth-order valence-corrected chi connectivity index (χ4v) is 4.70. The second-order valence-corrected chi connectivity index (χ2v) is 12.6. The summed E-state index contributed by atoms with van der Waals surface area (Å²) in [5, 5.41) is 0. The molecular weight excluding hydrogens is 663 g/mol. The van der Waals surface area contributed by atoms with E-state index in [2.05, 4.69) is 27.7 Å². The second-order valence-electron chi connectivity index (χ2n) is 12.6. The van der Waals surface area contributed by atoms with Crippen molar-refractivity contribution in [2.24, 2.45) is 17.8 Å². The predicted molar refractivity (Wildman–Crippen MR) is 152 cm³/mol. The summed E-state index contributed by atoms with van der Waals surface area (Å²) in [7, 11) is 0. The molecule has 4 atom stereocenters. The van der Waals surface area contributed by atoms with E-state index in [4.69, 9.17) is 9.47 Å². The molecule has 0 aliphatic carbocycles. The van der Waals surface area contributed by atoms with Gasteiger partial charge in [0.15, 0.2) is 0 Å². The second kappa shape index (κ2) is 17.1. The summed E-state index contributed by atoms with van der Waals surface area (Å²) in [4.78, 5) is 0. The molecule has 276 valence electrons. The average Bonchev–Trinajstić information content (AvgIpc) is 2.97. The molecule has 1 aromatic carbocycles. The summed E-state index contributed by atoms with van der Waals surface area (Å²) in [6.45, 7) is 10.2. The van der Waals surface area contributed by atoms with Crippen LogP contribution in [0.5, 0.6) is 5.75 Å². The Morgan fingerprint density at radius 1 is 0.596 bits per heavy atom. The molecule has 1 aromatic rings. The zero-order valence-electron chi connectivity index (χ0n) is 27.1. The van der Waals surface area contributed by atoms with Crippen LogP contribution in [0.15, 0.2) is 24.3 Å². The molecule has 0 heterocycles. The SMILES string of the molecule is CC[C@@H](C)CCC[C@@H](C)CCC[C@H](C)[C@@H](C)OCc1ccc(OCCCC(F)(F)C(F)(F)C(F)(F)C(F)(F)C(F)(F)C(F)(F)F)cc1. The molecule has 0 amide bonds. The Hall–Kier alpha value is -1.93. The van der Waals surface area contributed by atoms with E-state index in [0.717, 1.165) is 25.2 Å². The number of alkyl halides is 13. The molecular formula is C32H45F13O2. The Morgan fingerprint density at radius 3 is 1.60 bits per heavy atom. The maximum atomic E-state index is 13.9. The summed E-state index contributed by atoms with van der Waals surface area (Å²) in [6, 6.07) is 5.85. The van der Waals surface area contributed by atoms with Crippen LogP contribution < -0.4 is 4.74 Å². The highest BCUT2D eigenvalue weighted by Gasteiger charge is 2.90. The monoisotopic (exact) mass is 708 g/mol. The van der Waals surface area contributed by atoms with Crippen molar-refractivity contribution in [1.29, 1.82) is 0 Å². The highest BCUT2D eigenvalue weighted by Crippen LogP contribution is 2.60. The predicted octanol–water partition coefficient (Wildman–Crippen LogP) is 12.1. The standard InChI is InChI=1S/C32H45F13O2/c1-6-21(2)10-7-11-22(3)12-8-13-23(4)24(5)47-20-25-14-16-26(17-15-25)46-19-9-18-27(33,34)28(35,36)29(37,38)30(39,40)31(41,42)32(43,44)45/h14-17,21-24H,6-13,18-20H2,1-5H3/t21-,22-,23+,24-/m1/s1. The molecule has 0 unspecified atom stereocenters. The molecule has 0 N–H and O–H groups in total. The molecule has 0 radical (unpaired) electrons. The molecule has 0 fully saturated rings. The van der Waals surface area contributed by atoms with E-state index in [1.807, 2.05) is 6.92 Å². The first-order valence-corrected chi connectivity index (χ1v) is 15.6. The van der Waals surface area contributed by atoms with Gasteiger partial charge in [0, 0.05) is 6.42 Å². The largest absolute Gasteiger partial charge is 0.494 e. The van der Waals surface area contributed by atoms with Gasteiger partial charge in [0.05, 0.1) is 19.3 Å². The zero-order chi connectivity index (χ0) is 36.5. The highest BCUT2D eigenvalue weighted by atomic mass is 19.4. The first-order chi connectivity index (χ1) is 21.4. The fraction of sp³-hybridized carbons (Fsp3) is 0.812. The third-order valence-electron chi connectivity index (χ3n) is 8.59. The van der Waals surface area contributed by atoms with E-state index in [1.54, 1.807) is 12.1 Å². The van der Waals surface area contributed by atoms with E-state index in [1.165, 1.54) is 37.8 Å². The summed E-state index contributed by atoms with van der Waals surface area (Å²) in [6.07, 6.45) is -2.84. The molecule has 0 aliphatic rings. The van der Waals surface area contributed by atoms with Crippen molar-refractivity contribution in [2.45, 2.75) is 141 Å². The molecule has 0 spiro atoms. The quantitative estimate of drug-likeness (QED) is 0.0882. The summed E-state index contributed by atoms with van der Waals surface area (Å²) >= 11 is 0. The lowest BCUT2D eigenvalue weighted by Crippen LogP contribution is -2.70. The van der Waals surface area contributed by atoms with Gasteiger partial charge in [0.1, 0.15) is 5.75 Å². The van der Waals surface area contributed by atoms with E-state index in [9.17, 15) is 57.1 Å². The third kappa shape index (κ3) is 11.0. The van der Waals surface area contributed by atoms with E-state index in [-0.39, 0.29) is 18.5 Å². The topological polar surface area (TPSA) is 18.5 Å². The molecule has 0 aliphatic heterocycles. The van der Waals surface area contributed by atoms with Gasteiger partial charge in [-0.2, -0.15) is 57.1 Å². The number of hydrogen-bond acceptors (Lipinski definition) is 2. The summed E-state index contributed by atoms with van der Waals surface area (Å²) in [5.74, 6) is -35.0. The van der Waals surface area contributed by atoms with Crippen LogP contribution in [0.3, 0.4) is 0 Å². The van der Waals surface area contributed by atoms with Crippen LogP contribution >= 0.6 is 0 Å². The first-order valence-electron chi connectivity index (χ1n) is 15.6. The lowest BCUT2D eigenvalue weighted by molar-refractivity contribution is -0.440. The van der Waals surface area contributed by atoms with Gasteiger partial charge < -0.3 is 9.47 Å². The number of rotatable bonds is 22. The minimum atomic E-state index is -7.89.